The van der Waals surface area contributed by atoms with Crippen LogP contribution in [-0.4, -0.2) is 74.0 Å². The van der Waals surface area contributed by atoms with Crippen LogP contribution in [0.3, 0.4) is 0 Å². The average molecular weight is 497 g/mol. The molecule has 35 heavy (non-hydrogen) atoms. The molecular weight excluding hydrogens is 460 g/mol. The molecule has 1 aromatic heterocycles. The summed E-state index contributed by atoms with van der Waals surface area (Å²) in [5, 5.41) is 25.9. The number of H-pyrrole nitrogens is 1. The molecule has 13 heteroatoms. The molecule has 0 fully saturated rings. The van der Waals surface area contributed by atoms with Gasteiger partial charge in [-0.2, -0.15) is 0 Å². The minimum absolute atomic E-state index is 0.00401. The van der Waals surface area contributed by atoms with E-state index in [1.54, 1.807) is 13.8 Å². The standard InChI is InChI=1S/C22H36N6O7/c1-11(2)5-15(20(32)28-17(22(34)35)6-12(3)4)27-21(33)16(8-18(29)30)26-19(31)14(23)7-13-9-24-10-25-13/h9-12,14-17H,5-8,23H2,1-4H3,(H,24,25)(H,26,31)(H,27,33)(H,28,32)(H,29,30)(H,34,35). The van der Waals surface area contributed by atoms with Crippen LogP contribution in [0.5, 0.6) is 0 Å². The summed E-state index contributed by atoms with van der Waals surface area (Å²) in [4.78, 5) is 67.7. The SMILES string of the molecule is CC(C)CC(NC(=O)C(CC(C)C)NC(=O)C(CC(=O)O)NC(=O)C(N)Cc1cnc[nH]1)C(=O)O. The summed E-state index contributed by atoms with van der Waals surface area (Å²) in [6.07, 6.45) is 2.59. The molecule has 0 aliphatic carbocycles. The highest BCUT2D eigenvalue weighted by Gasteiger charge is 2.32. The maximum absolute atomic E-state index is 12.9. The van der Waals surface area contributed by atoms with Crippen molar-refractivity contribution in [2.45, 2.75) is 77.5 Å². The number of aromatic nitrogens is 2. The third-order valence-corrected chi connectivity index (χ3v) is 5.00. The Morgan fingerprint density at radius 2 is 1.40 bits per heavy atom. The van der Waals surface area contributed by atoms with E-state index in [-0.39, 0.29) is 31.1 Å². The molecule has 8 N–H and O–H groups in total. The fraction of sp³-hybridized carbons (Fsp3) is 0.636. The molecule has 0 radical (unpaired) electrons. The lowest BCUT2D eigenvalue weighted by Gasteiger charge is -2.26. The van der Waals surface area contributed by atoms with Gasteiger partial charge in [0.25, 0.3) is 0 Å². The number of carbonyl (C=O) groups is 5. The van der Waals surface area contributed by atoms with Gasteiger partial charge in [-0.05, 0) is 24.7 Å². The van der Waals surface area contributed by atoms with Crippen molar-refractivity contribution in [3.05, 3.63) is 18.2 Å². The first-order valence-corrected chi connectivity index (χ1v) is 11.4. The van der Waals surface area contributed by atoms with Crippen LogP contribution in [-0.2, 0) is 30.4 Å². The number of nitrogens with two attached hydrogens (primary N) is 1. The van der Waals surface area contributed by atoms with Gasteiger partial charge in [-0.3, -0.25) is 19.2 Å². The number of amides is 3. The van der Waals surface area contributed by atoms with Crippen LogP contribution in [0.4, 0.5) is 0 Å². The first-order valence-electron chi connectivity index (χ1n) is 11.4. The van der Waals surface area contributed by atoms with Crippen LogP contribution in [0.1, 0.15) is 52.7 Å². The molecule has 0 saturated carbocycles. The largest absolute Gasteiger partial charge is 0.481 e. The summed E-state index contributed by atoms with van der Waals surface area (Å²) in [7, 11) is 0. The zero-order valence-corrected chi connectivity index (χ0v) is 20.4. The lowest BCUT2D eigenvalue weighted by atomic mass is 10.00. The Bertz CT molecular complexity index is 872. The lowest BCUT2D eigenvalue weighted by Crippen LogP contribution is -2.58. The van der Waals surface area contributed by atoms with Crippen molar-refractivity contribution in [1.82, 2.24) is 25.9 Å². The van der Waals surface area contributed by atoms with E-state index >= 15 is 0 Å². The van der Waals surface area contributed by atoms with Crippen LogP contribution in [0.2, 0.25) is 0 Å². The minimum atomic E-state index is -1.50. The number of aromatic amines is 1. The highest BCUT2D eigenvalue weighted by Crippen LogP contribution is 2.10. The van der Waals surface area contributed by atoms with Gasteiger partial charge in [-0.15, -0.1) is 0 Å². The zero-order valence-electron chi connectivity index (χ0n) is 20.4. The Labute approximate surface area is 203 Å². The van der Waals surface area contributed by atoms with Gasteiger partial charge in [-0.1, -0.05) is 27.7 Å². The molecule has 0 aromatic carbocycles. The number of carboxylic acid groups (broad SMARTS) is 2. The van der Waals surface area contributed by atoms with Gasteiger partial charge in [0.2, 0.25) is 17.7 Å². The second-order valence-corrected chi connectivity index (χ2v) is 9.27. The predicted molar refractivity (Wildman–Crippen MR) is 125 cm³/mol. The number of hydrogen-bond donors (Lipinski definition) is 7. The summed E-state index contributed by atoms with van der Waals surface area (Å²) in [6.45, 7) is 7.23. The first kappa shape index (κ1) is 29.6. The molecule has 3 amide bonds. The fourth-order valence-electron chi connectivity index (χ4n) is 3.33. The number of rotatable bonds is 15. The van der Waals surface area contributed by atoms with Gasteiger partial charge >= 0.3 is 11.9 Å². The molecule has 0 aliphatic rings. The summed E-state index contributed by atoms with van der Waals surface area (Å²) in [5.74, 6) is -4.98. The monoisotopic (exact) mass is 496 g/mol. The van der Waals surface area contributed by atoms with Crippen molar-refractivity contribution in [1.29, 1.82) is 0 Å². The van der Waals surface area contributed by atoms with Gasteiger partial charge in [-0.25, -0.2) is 9.78 Å². The number of nitrogens with zero attached hydrogens (tertiary/aromatic N) is 1. The number of hydrogen-bond acceptors (Lipinski definition) is 7. The third-order valence-electron chi connectivity index (χ3n) is 5.00. The third kappa shape index (κ3) is 11.0. The van der Waals surface area contributed by atoms with Crippen LogP contribution in [0.15, 0.2) is 12.5 Å². The summed E-state index contributed by atoms with van der Waals surface area (Å²) < 4.78 is 0. The average Bonchev–Trinajstić information content (AvgIpc) is 3.23. The number of aliphatic carboxylic acids is 2. The molecule has 196 valence electrons. The molecule has 0 aliphatic heterocycles. The molecule has 1 heterocycles. The van der Waals surface area contributed by atoms with Gasteiger partial charge in [0.15, 0.2) is 0 Å². The summed E-state index contributed by atoms with van der Waals surface area (Å²) in [5.41, 5.74) is 6.45. The highest BCUT2D eigenvalue weighted by molar-refractivity contribution is 5.95. The van der Waals surface area contributed by atoms with Crippen molar-refractivity contribution in [3.63, 3.8) is 0 Å². The van der Waals surface area contributed by atoms with E-state index < -0.39 is 60.2 Å². The molecule has 1 rings (SSSR count). The van der Waals surface area contributed by atoms with Gasteiger partial charge in [0, 0.05) is 18.3 Å². The number of carboxylic acids is 2. The number of imidazole rings is 1. The number of nitrogens with one attached hydrogen (secondary N) is 4. The van der Waals surface area contributed by atoms with E-state index in [4.69, 9.17) is 5.73 Å². The molecule has 13 nitrogen and oxygen atoms in total. The Morgan fingerprint density at radius 1 is 0.886 bits per heavy atom. The minimum Gasteiger partial charge on any atom is -0.481 e. The van der Waals surface area contributed by atoms with Crippen LogP contribution >= 0.6 is 0 Å². The van der Waals surface area contributed by atoms with Gasteiger partial charge < -0.3 is 36.9 Å². The van der Waals surface area contributed by atoms with E-state index in [0.717, 1.165) is 0 Å². The van der Waals surface area contributed by atoms with E-state index in [0.29, 0.717) is 5.69 Å². The molecule has 0 bridgehead atoms. The fourth-order valence-corrected chi connectivity index (χ4v) is 3.33. The zero-order chi connectivity index (χ0) is 26.7. The van der Waals surface area contributed by atoms with Gasteiger partial charge in [0.1, 0.15) is 18.1 Å². The number of carbonyl (C=O) groups excluding carboxylic acids is 3. The maximum Gasteiger partial charge on any atom is 0.326 e. The normalized spacial score (nSPS) is 14.6. The van der Waals surface area contributed by atoms with Crippen molar-refractivity contribution < 1.29 is 34.2 Å². The van der Waals surface area contributed by atoms with E-state index in [1.807, 2.05) is 13.8 Å². The molecule has 0 spiro atoms. The van der Waals surface area contributed by atoms with Crippen molar-refractivity contribution in [2.24, 2.45) is 17.6 Å². The summed E-state index contributed by atoms with van der Waals surface area (Å²) >= 11 is 0. The molecule has 1 aromatic rings. The molecule has 0 saturated heterocycles. The Morgan fingerprint density at radius 3 is 1.89 bits per heavy atom. The van der Waals surface area contributed by atoms with Crippen LogP contribution < -0.4 is 21.7 Å². The first-order chi connectivity index (χ1) is 16.3. The van der Waals surface area contributed by atoms with Crippen molar-refractivity contribution in [2.75, 3.05) is 0 Å². The van der Waals surface area contributed by atoms with Crippen LogP contribution in [0, 0.1) is 11.8 Å². The Balaban J connectivity index is 2.95. The Kier molecular flexibility index (Phi) is 11.9. The van der Waals surface area contributed by atoms with E-state index in [9.17, 15) is 34.2 Å². The molecule has 4 atom stereocenters. The van der Waals surface area contributed by atoms with Crippen LogP contribution in [0.25, 0.3) is 0 Å². The van der Waals surface area contributed by atoms with E-state index in [1.165, 1.54) is 12.5 Å². The Hall–Kier alpha value is -3.48. The summed E-state index contributed by atoms with van der Waals surface area (Å²) in [6, 6.07) is -4.87. The molecule has 4 unspecified atom stereocenters. The van der Waals surface area contributed by atoms with Crippen molar-refractivity contribution >= 4 is 29.7 Å². The smallest absolute Gasteiger partial charge is 0.326 e. The van der Waals surface area contributed by atoms with Gasteiger partial charge in [0.05, 0.1) is 18.8 Å². The second kappa shape index (κ2) is 14.0. The molecular formula is C22H36N6O7. The topological polar surface area (TPSA) is 217 Å². The second-order valence-electron chi connectivity index (χ2n) is 9.27. The van der Waals surface area contributed by atoms with E-state index in [2.05, 4.69) is 25.9 Å². The lowest BCUT2D eigenvalue weighted by molar-refractivity contribution is -0.143. The van der Waals surface area contributed by atoms with Crippen molar-refractivity contribution in [3.8, 4) is 0 Å². The maximum atomic E-state index is 12.9. The quantitative estimate of drug-likeness (QED) is 0.164. The predicted octanol–water partition coefficient (Wildman–Crippen LogP) is -0.615. The highest BCUT2D eigenvalue weighted by atomic mass is 16.4.